The molecule has 1 N–H and O–H groups in total. The van der Waals surface area contributed by atoms with Crippen LogP contribution in [0, 0.1) is 5.92 Å². The lowest BCUT2D eigenvalue weighted by Gasteiger charge is -2.34. The van der Waals surface area contributed by atoms with E-state index in [0.717, 1.165) is 25.6 Å². The summed E-state index contributed by atoms with van der Waals surface area (Å²) in [6, 6.07) is 0. The smallest absolute Gasteiger partial charge is 0.214 e. The minimum Gasteiger partial charge on any atom is -0.396 e. The molecule has 1 saturated carbocycles. The van der Waals surface area contributed by atoms with Crippen LogP contribution in [0.1, 0.15) is 19.3 Å². The van der Waals surface area contributed by atoms with Crippen LogP contribution in [0.2, 0.25) is 0 Å². The van der Waals surface area contributed by atoms with Crippen LogP contribution in [0.3, 0.4) is 0 Å². The molecule has 100 valence electrons. The van der Waals surface area contributed by atoms with Gasteiger partial charge in [0.25, 0.3) is 0 Å². The topological polar surface area (TPSA) is 60.9 Å². The van der Waals surface area contributed by atoms with Crippen molar-refractivity contribution in [2.45, 2.75) is 19.3 Å². The van der Waals surface area contributed by atoms with E-state index in [2.05, 4.69) is 4.90 Å². The van der Waals surface area contributed by atoms with Gasteiger partial charge in [-0.25, -0.2) is 8.42 Å². The van der Waals surface area contributed by atoms with Gasteiger partial charge in [0.15, 0.2) is 0 Å². The van der Waals surface area contributed by atoms with Gasteiger partial charge in [-0.05, 0) is 25.2 Å². The molecule has 0 bridgehead atoms. The first kappa shape index (κ1) is 13.3. The number of nitrogens with zero attached hydrogens (tertiary/aromatic N) is 2. The van der Waals surface area contributed by atoms with Crippen LogP contribution >= 0.6 is 0 Å². The van der Waals surface area contributed by atoms with Crippen LogP contribution in [0.5, 0.6) is 0 Å². The SMILES string of the molecule is O=S(=O)(CCCO)N1CCN(CC2CC2)CC1. The maximum Gasteiger partial charge on any atom is 0.214 e. The highest BCUT2D eigenvalue weighted by Crippen LogP contribution is 2.30. The van der Waals surface area contributed by atoms with Gasteiger partial charge in [-0.15, -0.1) is 0 Å². The average Bonchev–Trinajstić information content (AvgIpc) is 3.11. The molecular weight excluding hydrogens is 240 g/mol. The van der Waals surface area contributed by atoms with E-state index in [1.165, 1.54) is 12.8 Å². The fourth-order valence-electron chi connectivity index (χ4n) is 2.23. The summed E-state index contributed by atoms with van der Waals surface area (Å²) in [5, 5.41) is 8.68. The quantitative estimate of drug-likeness (QED) is 0.715. The molecular formula is C11H22N2O3S. The zero-order valence-corrected chi connectivity index (χ0v) is 11.0. The molecule has 0 atom stereocenters. The van der Waals surface area contributed by atoms with E-state index in [0.29, 0.717) is 19.5 Å². The molecule has 0 aromatic heterocycles. The Morgan fingerprint density at radius 3 is 2.29 bits per heavy atom. The fraction of sp³-hybridized carbons (Fsp3) is 1.00. The molecule has 6 heteroatoms. The molecule has 0 radical (unpaired) electrons. The van der Waals surface area contributed by atoms with Gasteiger partial charge in [0.2, 0.25) is 10.0 Å². The Kier molecular flexibility index (Phi) is 4.41. The van der Waals surface area contributed by atoms with Gasteiger partial charge in [0.1, 0.15) is 0 Å². The van der Waals surface area contributed by atoms with E-state index >= 15 is 0 Å². The monoisotopic (exact) mass is 262 g/mol. The Hall–Kier alpha value is -0.170. The summed E-state index contributed by atoms with van der Waals surface area (Å²) in [6.07, 6.45) is 3.02. The van der Waals surface area contributed by atoms with Gasteiger partial charge in [0, 0.05) is 39.3 Å². The summed E-state index contributed by atoms with van der Waals surface area (Å²) < 4.78 is 25.3. The van der Waals surface area contributed by atoms with Gasteiger partial charge in [0.05, 0.1) is 5.75 Å². The molecule has 1 saturated heterocycles. The molecule has 2 aliphatic rings. The minimum atomic E-state index is -3.14. The van der Waals surface area contributed by atoms with Crippen LogP contribution in [-0.2, 0) is 10.0 Å². The average molecular weight is 262 g/mol. The second-order valence-corrected chi connectivity index (χ2v) is 7.12. The molecule has 5 nitrogen and oxygen atoms in total. The number of piperazine rings is 1. The second kappa shape index (κ2) is 5.65. The Labute approximate surface area is 103 Å². The second-order valence-electron chi connectivity index (χ2n) is 5.04. The molecule has 1 aliphatic carbocycles. The van der Waals surface area contributed by atoms with Crippen LogP contribution in [0.15, 0.2) is 0 Å². The number of hydrogen-bond donors (Lipinski definition) is 1. The van der Waals surface area contributed by atoms with E-state index in [-0.39, 0.29) is 12.4 Å². The van der Waals surface area contributed by atoms with Gasteiger partial charge < -0.3 is 10.0 Å². The van der Waals surface area contributed by atoms with Crippen LogP contribution in [0.25, 0.3) is 0 Å². The van der Waals surface area contributed by atoms with Gasteiger partial charge in [-0.2, -0.15) is 4.31 Å². The lowest BCUT2D eigenvalue weighted by Crippen LogP contribution is -2.49. The zero-order valence-electron chi connectivity index (χ0n) is 10.2. The molecule has 0 unspecified atom stereocenters. The van der Waals surface area contributed by atoms with Crippen molar-refractivity contribution in [1.29, 1.82) is 0 Å². The minimum absolute atomic E-state index is 0.0547. The van der Waals surface area contributed by atoms with E-state index < -0.39 is 10.0 Å². The third-order valence-corrected chi connectivity index (χ3v) is 5.45. The molecule has 1 heterocycles. The number of aliphatic hydroxyl groups is 1. The zero-order chi connectivity index (χ0) is 12.3. The summed E-state index contributed by atoms with van der Waals surface area (Å²) >= 11 is 0. The Balaban J connectivity index is 1.76. The third-order valence-electron chi connectivity index (χ3n) is 3.50. The molecule has 0 aromatic rings. The van der Waals surface area contributed by atoms with E-state index in [1.807, 2.05) is 0 Å². The maximum atomic E-state index is 11.9. The number of hydrogen-bond acceptors (Lipinski definition) is 4. The number of sulfonamides is 1. The number of rotatable bonds is 6. The van der Waals surface area contributed by atoms with Crippen molar-refractivity contribution >= 4 is 10.0 Å². The van der Waals surface area contributed by atoms with E-state index in [4.69, 9.17) is 5.11 Å². The normalized spacial score (nSPS) is 24.1. The van der Waals surface area contributed by atoms with Crippen molar-refractivity contribution in [3.63, 3.8) is 0 Å². The molecule has 17 heavy (non-hydrogen) atoms. The predicted octanol–water partition coefficient (Wildman–Crippen LogP) is -0.274. The van der Waals surface area contributed by atoms with Crippen molar-refractivity contribution in [3.05, 3.63) is 0 Å². The summed E-state index contributed by atoms with van der Waals surface area (Å²) in [5.41, 5.74) is 0. The Bertz CT molecular complexity index is 333. The highest BCUT2D eigenvalue weighted by atomic mass is 32.2. The lowest BCUT2D eigenvalue weighted by molar-refractivity contribution is 0.182. The standard InChI is InChI=1S/C11H22N2O3S/c14-8-1-9-17(15,16)13-6-4-12(5-7-13)10-11-2-3-11/h11,14H,1-10H2. The summed E-state index contributed by atoms with van der Waals surface area (Å²) in [7, 11) is -3.14. The van der Waals surface area contributed by atoms with Gasteiger partial charge in [-0.1, -0.05) is 0 Å². The van der Waals surface area contributed by atoms with Crippen LogP contribution in [-0.4, -0.2) is 67.8 Å². The summed E-state index contributed by atoms with van der Waals surface area (Å²) in [4.78, 5) is 2.37. The van der Waals surface area contributed by atoms with Crippen molar-refractivity contribution < 1.29 is 13.5 Å². The molecule has 0 aromatic carbocycles. The van der Waals surface area contributed by atoms with Crippen molar-refractivity contribution in [2.75, 3.05) is 45.1 Å². The van der Waals surface area contributed by atoms with Crippen LogP contribution < -0.4 is 0 Å². The van der Waals surface area contributed by atoms with Crippen molar-refractivity contribution in [3.8, 4) is 0 Å². The lowest BCUT2D eigenvalue weighted by atomic mass is 10.3. The predicted molar refractivity (Wildman–Crippen MR) is 66.2 cm³/mol. The highest BCUT2D eigenvalue weighted by molar-refractivity contribution is 7.89. The molecule has 2 rings (SSSR count). The molecule has 1 aliphatic heterocycles. The Morgan fingerprint density at radius 2 is 1.76 bits per heavy atom. The largest absolute Gasteiger partial charge is 0.396 e. The van der Waals surface area contributed by atoms with Crippen molar-refractivity contribution in [1.82, 2.24) is 9.21 Å². The maximum absolute atomic E-state index is 11.9. The highest BCUT2D eigenvalue weighted by Gasteiger charge is 2.29. The van der Waals surface area contributed by atoms with Crippen LogP contribution in [0.4, 0.5) is 0 Å². The van der Waals surface area contributed by atoms with Crippen molar-refractivity contribution in [2.24, 2.45) is 5.92 Å². The Morgan fingerprint density at radius 1 is 1.12 bits per heavy atom. The molecule has 2 fully saturated rings. The molecule has 0 amide bonds. The van der Waals surface area contributed by atoms with Gasteiger partial charge >= 0.3 is 0 Å². The van der Waals surface area contributed by atoms with E-state index in [1.54, 1.807) is 4.31 Å². The third kappa shape index (κ3) is 3.91. The first-order valence-electron chi connectivity index (χ1n) is 6.43. The summed E-state index contributed by atoms with van der Waals surface area (Å²) in [5.74, 6) is 0.944. The first-order chi connectivity index (χ1) is 8.12. The number of aliphatic hydroxyl groups excluding tert-OH is 1. The van der Waals surface area contributed by atoms with Gasteiger partial charge in [-0.3, -0.25) is 0 Å². The van der Waals surface area contributed by atoms with E-state index in [9.17, 15) is 8.42 Å². The molecule has 0 spiro atoms. The summed E-state index contributed by atoms with van der Waals surface area (Å²) in [6.45, 7) is 4.02. The first-order valence-corrected chi connectivity index (χ1v) is 8.04. The fourth-order valence-corrected chi connectivity index (χ4v) is 3.70.